The van der Waals surface area contributed by atoms with Gasteiger partial charge in [-0.25, -0.2) is 5.84 Å². The fraction of sp³-hybridized carbons (Fsp3) is 0.125. The van der Waals surface area contributed by atoms with Gasteiger partial charge in [0.25, 0.3) is 0 Å². The number of benzene rings is 1. The van der Waals surface area contributed by atoms with Gasteiger partial charge in [0.2, 0.25) is 5.96 Å². The fourth-order valence-electron chi connectivity index (χ4n) is 0.907. The van der Waals surface area contributed by atoms with Crippen LogP contribution < -0.4 is 16.6 Å². The first-order valence-electron chi connectivity index (χ1n) is 3.94. The lowest BCUT2D eigenvalue weighted by molar-refractivity contribution is 1.01. The van der Waals surface area contributed by atoms with Crippen LogP contribution in [-0.4, -0.2) is 13.0 Å². The van der Waals surface area contributed by atoms with Gasteiger partial charge in [-0.15, -0.1) is 0 Å². The SMILES string of the molecule is CN=C(NN)Nc1ccc(Br)c(Cl)c1Cl. The van der Waals surface area contributed by atoms with Crippen LogP contribution in [0.15, 0.2) is 21.6 Å². The van der Waals surface area contributed by atoms with E-state index in [-0.39, 0.29) is 0 Å². The number of hydrogen-bond acceptors (Lipinski definition) is 2. The van der Waals surface area contributed by atoms with Crippen molar-refractivity contribution < 1.29 is 0 Å². The molecule has 0 heterocycles. The maximum Gasteiger partial charge on any atom is 0.210 e. The molecule has 4 N–H and O–H groups in total. The van der Waals surface area contributed by atoms with Crippen molar-refractivity contribution in [2.45, 2.75) is 0 Å². The number of halogens is 3. The molecule has 0 aliphatic heterocycles. The molecule has 1 aromatic carbocycles. The van der Waals surface area contributed by atoms with Gasteiger partial charge in [0, 0.05) is 11.5 Å². The zero-order valence-corrected chi connectivity index (χ0v) is 10.9. The highest BCUT2D eigenvalue weighted by molar-refractivity contribution is 9.10. The molecule has 0 bridgehead atoms. The number of nitrogens with one attached hydrogen (secondary N) is 2. The van der Waals surface area contributed by atoms with Gasteiger partial charge in [0.1, 0.15) is 0 Å². The van der Waals surface area contributed by atoms with Crippen LogP contribution in [0.4, 0.5) is 5.69 Å². The second-order valence-electron chi connectivity index (χ2n) is 2.56. The predicted molar refractivity (Wildman–Crippen MR) is 68.5 cm³/mol. The molecule has 4 nitrogen and oxygen atoms in total. The second kappa shape index (κ2) is 5.55. The van der Waals surface area contributed by atoms with E-state index >= 15 is 0 Å². The molecule has 15 heavy (non-hydrogen) atoms. The van der Waals surface area contributed by atoms with Crippen LogP contribution in [-0.2, 0) is 0 Å². The monoisotopic (exact) mass is 310 g/mol. The summed E-state index contributed by atoms with van der Waals surface area (Å²) in [7, 11) is 1.59. The minimum absolute atomic E-state index is 0.398. The predicted octanol–water partition coefficient (Wildman–Crippen LogP) is 2.62. The fourth-order valence-corrected chi connectivity index (χ4v) is 1.73. The Morgan fingerprint density at radius 1 is 1.40 bits per heavy atom. The number of nitrogens with zero attached hydrogens (tertiary/aromatic N) is 1. The Labute approximate surface area is 106 Å². The van der Waals surface area contributed by atoms with Crippen molar-refractivity contribution in [2.75, 3.05) is 12.4 Å². The van der Waals surface area contributed by atoms with E-state index in [9.17, 15) is 0 Å². The smallest absolute Gasteiger partial charge is 0.210 e. The van der Waals surface area contributed by atoms with Crippen LogP contribution in [0.1, 0.15) is 0 Å². The molecule has 0 fully saturated rings. The standard InChI is InChI=1S/C8H9BrCl2N4/c1-13-8(15-12)14-5-3-2-4(9)6(10)7(5)11/h2-3H,12H2,1H3,(H2,13,14,15). The average Bonchev–Trinajstić information content (AvgIpc) is 2.25. The molecule has 0 aromatic heterocycles. The minimum Gasteiger partial charge on any atom is -0.324 e. The van der Waals surface area contributed by atoms with Gasteiger partial charge in [-0.05, 0) is 28.1 Å². The zero-order chi connectivity index (χ0) is 11.4. The van der Waals surface area contributed by atoms with E-state index in [4.69, 9.17) is 29.0 Å². The summed E-state index contributed by atoms with van der Waals surface area (Å²) in [4.78, 5) is 3.85. The van der Waals surface area contributed by atoms with Crippen molar-refractivity contribution >= 4 is 50.8 Å². The normalized spacial score (nSPS) is 11.4. The maximum absolute atomic E-state index is 6.01. The molecule has 0 saturated heterocycles. The maximum atomic E-state index is 6.01. The Balaban J connectivity index is 3.01. The summed E-state index contributed by atoms with van der Waals surface area (Å²) in [5, 5.41) is 3.74. The lowest BCUT2D eigenvalue weighted by atomic mass is 10.3. The second-order valence-corrected chi connectivity index (χ2v) is 4.17. The van der Waals surface area contributed by atoms with E-state index in [2.05, 4.69) is 31.7 Å². The van der Waals surface area contributed by atoms with E-state index in [1.54, 1.807) is 19.2 Å². The third-order valence-electron chi connectivity index (χ3n) is 1.65. The molecule has 0 unspecified atom stereocenters. The number of hydrazine groups is 1. The van der Waals surface area contributed by atoms with Gasteiger partial charge in [0.05, 0.1) is 15.7 Å². The number of rotatable bonds is 1. The van der Waals surface area contributed by atoms with E-state index in [1.165, 1.54) is 0 Å². The highest BCUT2D eigenvalue weighted by Crippen LogP contribution is 2.35. The van der Waals surface area contributed by atoms with Gasteiger partial charge in [0.15, 0.2) is 0 Å². The van der Waals surface area contributed by atoms with Gasteiger partial charge in [-0.3, -0.25) is 10.4 Å². The summed E-state index contributed by atoms with van der Waals surface area (Å²) in [6, 6.07) is 3.54. The van der Waals surface area contributed by atoms with Crippen molar-refractivity contribution in [1.82, 2.24) is 5.43 Å². The Bertz CT molecular complexity index is 394. The summed E-state index contributed by atoms with van der Waals surface area (Å²) in [6.07, 6.45) is 0. The van der Waals surface area contributed by atoms with Crippen LogP contribution in [0.25, 0.3) is 0 Å². The Kier molecular flexibility index (Phi) is 4.66. The molecule has 0 atom stereocenters. The van der Waals surface area contributed by atoms with Crippen LogP contribution in [0.5, 0.6) is 0 Å². The summed E-state index contributed by atoms with van der Waals surface area (Å²) in [5.41, 5.74) is 3.02. The Morgan fingerprint density at radius 3 is 2.60 bits per heavy atom. The van der Waals surface area contributed by atoms with E-state index in [1.807, 2.05) is 0 Å². The van der Waals surface area contributed by atoms with E-state index in [0.29, 0.717) is 21.7 Å². The number of nitrogens with two attached hydrogens (primary N) is 1. The molecule has 7 heteroatoms. The number of hydrogen-bond donors (Lipinski definition) is 3. The highest BCUT2D eigenvalue weighted by Gasteiger charge is 2.09. The van der Waals surface area contributed by atoms with Gasteiger partial charge < -0.3 is 5.32 Å². The van der Waals surface area contributed by atoms with Crippen LogP contribution >= 0.6 is 39.1 Å². The molecule has 1 rings (SSSR count). The third kappa shape index (κ3) is 2.98. The molecule has 0 spiro atoms. The minimum atomic E-state index is 0.398. The van der Waals surface area contributed by atoms with Crippen molar-refractivity contribution in [3.63, 3.8) is 0 Å². The molecule has 0 saturated carbocycles. The van der Waals surface area contributed by atoms with Crippen molar-refractivity contribution in [2.24, 2.45) is 10.8 Å². The van der Waals surface area contributed by atoms with Crippen molar-refractivity contribution in [3.8, 4) is 0 Å². The first-order chi connectivity index (χ1) is 7.10. The zero-order valence-electron chi connectivity index (χ0n) is 7.81. The highest BCUT2D eigenvalue weighted by atomic mass is 79.9. The average molecular weight is 312 g/mol. The third-order valence-corrected chi connectivity index (χ3v) is 3.42. The molecule has 82 valence electrons. The quantitative estimate of drug-likeness (QED) is 0.246. The number of anilines is 1. The van der Waals surface area contributed by atoms with Gasteiger partial charge in [-0.1, -0.05) is 23.2 Å². The summed E-state index contributed by atoms with van der Waals surface area (Å²) >= 11 is 15.2. The summed E-state index contributed by atoms with van der Waals surface area (Å²) in [5.74, 6) is 5.62. The van der Waals surface area contributed by atoms with Gasteiger partial charge in [-0.2, -0.15) is 0 Å². The van der Waals surface area contributed by atoms with Crippen LogP contribution in [0.2, 0.25) is 10.0 Å². The first-order valence-corrected chi connectivity index (χ1v) is 5.49. The van der Waals surface area contributed by atoms with E-state index < -0.39 is 0 Å². The topological polar surface area (TPSA) is 62.4 Å². The van der Waals surface area contributed by atoms with E-state index in [0.717, 1.165) is 4.47 Å². The van der Waals surface area contributed by atoms with Crippen molar-refractivity contribution in [3.05, 3.63) is 26.7 Å². The number of guanidine groups is 1. The first kappa shape index (κ1) is 12.6. The molecule has 0 aliphatic rings. The van der Waals surface area contributed by atoms with Crippen LogP contribution in [0.3, 0.4) is 0 Å². The molecule has 1 aromatic rings. The molecule has 0 amide bonds. The molecule has 0 aliphatic carbocycles. The molecule has 0 radical (unpaired) electrons. The van der Waals surface area contributed by atoms with Gasteiger partial charge >= 0.3 is 0 Å². The Hall–Kier alpha value is -0.490. The Morgan fingerprint density at radius 2 is 2.07 bits per heavy atom. The van der Waals surface area contributed by atoms with Crippen molar-refractivity contribution in [1.29, 1.82) is 0 Å². The lowest BCUT2D eigenvalue weighted by Crippen LogP contribution is -2.36. The summed E-state index contributed by atoms with van der Waals surface area (Å²) < 4.78 is 0.732. The summed E-state index contributed by atoms with van der Waals surface area (Å²) in [6.45, 7) is 0. The lowest BCUT2D eigenvalue weighted by Gasteiger charge is -2.11. The molecular formula is C8H9BrCl2N4. The molecular weight excluding hydrogens is 303 g/mol. The largest absolute Gasteiger partial charge is 0.324 e. The number of aliphatic imine (C=N–C) groups is 1. The van der Waals surface area contributed by atoms with Crippen LogP contribution in [0, 0.1) is 0 Å².